The second kappa shape index (κ2) is 13.8. The summed E-state index contributed by atoms with van der Waals surface area (Å²) in [5.74, 6) is -0.755. The fourth-order valence-corrected chi connectivity index (χ4v) is 1.84. The first-order valence-corrected chi connectivity index (χ1v) is 7.66. The Morgan fingerprint density at radius 2 is 1.33 bits per heavy atom. The molecule has 0 aromatic carbocycles. The summed E-state index contributed by atoms with van der Waals surface area (Å²) in [4.78, 5) is 25.1. The van der Waals surface area contributed by atoms with Gasteiger partial charge in [0.15, 0.2) is 0 Å². The Bertz CT molecular complexity index is 277. The van der Waals surface area contributed by atoms with Crippen LogP contribution in [0.4, 0.5) is 0 Å². The Labute approximate surface area is 127 Å². The van der Waals surface area contributed by atoms with Crippen LogP contribution in [0.3, 0.4) is 0 Å². The number of carbonyl (C=O) groups is 2. The van der Waals surface area contributed by atoms with Gasteiger partial charge in [0.2, 0.25) is 0 Å². The third-order valence-corrected chi connectivity index (χ3v) is 2.83. The average molecular weight is 303 g/mol. The van der Waals surface area contributed by atoms with Gasteiger partial charge in [-0.1, -0.05) is 13.8 Å². The first-order chi connectivity index (χ1) is 10.1. The van der Waals surface area contributed by atoms with Gasteiger partial charge in [0.05, 0.1) is 19.4 Å². The fourth-order valence-electron chi connectivity index (χ4n) is 1.84. The van der Waals surface area contributed by atoms with Crippen LogP contribution in [-0.4, -0.2) is 63.4 Å². The van der Waals surface area contributed by atoms with Crippen molar-refractivity contribution in [3.8, 4) is 0 Å². The number of rotatable bonds is 13. The van der Waals surface area contributed by atoms with Crippen molar-refractivity contribution in [1.82, 2.24) is 4.90 Å². The molecule has 0 aromatic rings. The minimum absolute atomic E-state index is 0.0518. The lowest BCUT2D eigenvalue weighted by atomic mass is 10.3. The monoisotopic (exact) mass is 303 g/mol. The highest BCUT2D eigenvalue weighted by Gasteiger charge is 2.10. The van der Waals surface area contributed by atoms with Gasteiger partial charge in [0, 0.05) is 13.7 Å². The van der Waals surface area contributed by atoms with E-state index in [0.717, 1.165) is 32.5 Å². The maximum Gasteiger partial charge on any atom is 0.306 e. The number of ether oxygens (including phenoxy) is 3. The average Bonchev–Trinajstić information content (AvgIpc) is 2.46. The molecule has 0 aliphatic heterocycles. The number of hydrogen-bond donors (Lipinski definition) is 0. The number of nitrogens with zero attached hydrogens (tertiary/aromatic N) is 1. The number of methoxy groups -OCH3 is 1. The molecule has 0 saturated carbocycles. The zero-order chi connectivity index (χ0) is 15.9. The van der Waals surface area contributed by atoms with Crippen LogP contribution in [-0.2, 0) is 23.8 Å². The lowest BCUT2D eigenvalue weighted by molar-refractivity contribution is -0.151. The quantitative estimate of drug-likeness (QED) is 0.380. The van der Waals surface area contributed by atoms with Crippen molar-refractivity contribution in [2.24, 2.45) is 0 Å². The molecule has 0 N–H and O–H groups in total. The Morgan fingerprint density at radius 1 is 0.810 bits per heavy atom. The van der Waals surface area contributed by atoms with E-state index in [2.05, 4.69) is 18.7 Å². The van der Waals surface area contributed by atoms with Crippen molar-refractivity contribution in [2.75, 3.05) is 46.6 Å². The van der Waals surface area contributed by atoms with Gasteiger partial charge < -0.3 is 14.2 Å². The Balaban J connectivity index is 3.67. The van der Waals surface area contributed by atoms with Gasteiger partial charge in [-0.25, -0.2) is 0 Å². The molecule has 0 aromatic heterocycles. The molecule has 6 heteroatoms. The third kappa shape index (κ3) is 12.3. The molecule has 124 valence electrons. The molecule has 0 aliphatic rings. The molecule has 0 rings (SSSR count). The lowest BCUT2D eigenvalue weighted by Gasteiger charge is -2.20. The van der Waals surface area contributed by atoms with Crippen LogP contribution in [0.5, 0.6) is 0 Å². The van der Waals surface area contributed by atoms with E-state index in [9.17, 15) is 9.59 Å². The highest BCUT2D eigenvalue weighted by Crippen LogP contribution is 1.98. The summed E-state index contributed by atoms with van der Waals surface area (Å²) in [5.41, 5.74) is 0. The highest BCUT2D eigenvalue weighted by molar-refractivity contribution is 5.77. The number of carbonyl (C=O) groups excluding carboxylic acids is 2. The van der Waals surface area contributed by atoms with Crippen molar-refractivity contribution < 1.29 is 23.8 Å². The van der Waals surface area contributed by atoms with E-state index in [1.165, 1.54) is 7.11 Å². The second-order valence-electron chi connectivity index (χ2n) is 4.78. The SMILES string of the molecule is CCCN(CCC)CCOC(=O)CCC(=O)OCCOC. The zero-order valence-corrected chi connectivity index (χ0v) is 13.6. The Kier molecular flexibility index (Phi) is 13.1. The van der Waals surface area contributed by atoms with Crippen LogP contribution < -0.4 is 0 Å². The largest absolute Gasteiger partial charge is 0.464 e. The molecule has 0 spiro atoms. The first kappa shape index (κ1) is 19.9. The predicted molar refractivity (Wildman–Crippen MR) is 80.1 cm³/mol. The normalized spacial score (nSPS) is 10.7. The highest BCUT2D eigenvalue weighted by atomic mass is 16.6. The van der Waals surface area contributed by atoms with E-state index in [1.54, 1.807) is 0 Å². The van der Waals surface area contributed by atoms with Crippen LogP contribution >= 0.6 is 0 Å². The summed E-state index contributed by atoms with van der Waals surface area (Å²) in [6.07, 6.45) is 2.28. The van der Waals surface area contributed by atoms with E-state index in [-0.39, 0.29) is 25.4 Å². The summed E-state index contributed by atoms with van der Waals surface area (Å²) >= 11 is 0. The van der Waals surface area contributed by atoms with Crippen LogP contribution in [0.25, 0.3) is 0 Å². The molecule has 0 bridgehead atoms. The predicted octanol–water partition coefficient (Wildman–Crippen LogP) is 1.62. The minimum atomic E-state index is -0.400. The van der Waals surface area contributed by atoms with Gasteiger partial charge in [0.1, 0.15) is 13.2 Å². The number of hydrogen-bond acceptors (Lipinski definition) is 6. The molecular weight excluding hydrogens is 274 g/mol. The lowest BCUT2D eigenvalue weighted by Crippen LogP contribution is -2.30. The standard InChI is InChI=1S/C15H29NO5/c1-4-8-16(9-5-2)10-11-20-14(17)6-7-15(18)21-13-12-19-3/h4-13H2,1-3H3. The summed E-state index contributed by atoms with van der Waals surface area (Å²) in [6, 6.07) is 0. The maximum absolute atomic E-state index is 11.5. The van der Waals surface area contributed by atoms with Crippen molar-refractivity contribution in [1.29, 1.82) is 0 Å². The van der Waals surface area contributed by atoms with Gasteiger partial charge >= 0.3 is 11.9 Å². The van der Waals surface area contributed by atoms with Crippen LogP contribution in [0.2, 0.25) is 0 Å². The molecule has 0 fully saturated rings. The summed E-state index contributed by atoms with van der Waals surface area (Å²) in [6.45, 7) is 7.97. The molecule has 0 radical (unpaired) electrons. The molecule has 0 heterocycles. The summed E-state index contributed by atoms with van der Waals surface area (Å²) in [5, 5.41) is 0. The van der Waals surface area contributed by atoms with E-state index in [0.29, 0.717) is 13.2 Å². The molecule has 0 unspecified atom stereocenters. The molecule has 0 aliphatic carbocycles. The van der Waals surface area contributed by atoms with Crippen LogP contribution in [0, 0.1) is 0 Å². The summed E-state index contributed by atoms with van der Waals surface area (Å²) < 4.78 is 14.7. The summed E-state index contributed by atoms with van der Waals surface area (Å²) in [7, 11) is 1.53. The third-order valence-electron chi connectivity index (χ3n) is 2.83. The molecule has 0 amide bonds. The van der Waals surface area contributed by atoms with Crippen molar-refractivity contribution in [2.45, 2.75) is 39.5 Å². The smallest absolute Gasteiger partial charge is 0.306 e. The second-order valence-corrected chi connectivity index (χ2v) is 4.78. The van der Waals surface area contributed by atoms with Gasteiger partial charge in [0.25, 0.3) is 0 Å². The Hall–Kier alpha value is -1.14. The first-order valence-electron chi connectivity index (χ1n) is 7.66. The molecule has 21 heavy (non-hydrogen) atoms. The molecule has 0 saturated heterocycles. The minimum Gasteiger partial charge on any atom is -0.464 e. The van der Waals surface area contributed by atoms with E-state index in [1.807, 2.05) is 0 Å². The number of esters is 2. The van der Waals surface area contributed by atoms with E-state index >= 15 is 0 Å². The molecular formula is C15H29NO5. The van der Waals surface area contributed by atoms with Crippen LogP contribution in [0.1, 0.15) is 39.5 Å². The van der Waals surface area contributed by atoms with E-state index < -0.39 is 5.97 Å². The van der Waals surface area contributed by atoms with Gasteiger partial charge in [-0.05, 0) is 25.9 Å². The van der Waals surface area contributed by atoms with Gasteiger partial charge in [-0.15, -0.1) is 0 Å². The fraction of sp³-hybridized carbons (Fsp3) is 0.867. The van der Waals surface area contributed by atoms with Crippen molar-refractivity contribution in [3.05, 3.63) is 0 Å². The van der Waals surface area contributed by atoms with Crippen molar-refractivity contribution in [3.63, 3.8) is 0 Å². The van der Waals surface area contributed by atoms with Crippen LogP contribution in [0.15, 0.2) is 0 Å². The Morgan fingerprint density at radius 3 is 1.81 bits per heavy atom. The molecule has 6 nitrogen and oxygen atoms in total. The maximum atomic E-state index is 11.5. The van der Waals surface area contributed by atoms with E-state index in [4.69, 9.17) is 14.2 Å². The van der Waals surface area contributed by atoms with Crippen molar-refractivity contribution >= 4 is 11.9 Å². The zero-order valence-electron chi connectivity index (χ0n) is 13.6. The van der Waals surface area contributed by atoms with Gasteiger partial charge in [-0.2, -0.15) is 0 Å². The topological polar surface area (TPSA) is 65.1 Å². The molecule has 0 atom stereocenters. The van der Waals surface area contributed by atoms with Gasteiger partial charge in [-0.3, -0.25) is 14.5 Å².